The zero-order chi connectivity index (χ0) is 24.5. The standard InChI is InChI=1S/C25H24N4O6/c1-29-10-20(22(28-29)24(31)32)26-23(30)19-11-34-13-21(19)27-25(33)35-12-18-16-8-4-2-6-14(16)15-7-3-5-9-17(15)18/h2-10,18-19,21H,11-13H2,1H3,(H,26,30)(H,27,33)(H,31,32). The van der Waals surface area contributed by atoms with Gasteiger partial charge in [-0.25, -0.2) is 9.59 Å². The van der Waals surface area contributed by atoms with E-state index in [-0.39, 0.29) is 37.1 Å². The lowest BCUT2D eigenvalue weighted by molar-refractivity contribution is -0.120. The Morgan fingerprint density at radius 1 is 1.09 bits per heavy atom. The van der Waals surface area contributed by atoms with Gasteiger partial charge in [-0.05, 0) is 22.3 Å². The predicted molar refractivity (Wildman–Crippen MR) is 125 cm³/mol. The fourth-order valence-corrected chi connectivity index (χ4v) is 4.71. The van der Waals surface area contributed by atoms with Crippen LogP contribution in [-0.4, -0.2) is 58.7 Å². The number of alkyl carbamates (subject to hydrolysis) is 1. The molecule has 1 aliphatic heterocycles. The highest BCUT2D eigenvalue weighted by molar-refractivity contribution is 6.00. The number of carbonyl (C=O) groups is 3. The minimum Gasteiger partial charge on any atom is -0.476 e. The van der Waals surface area contributed by atoms with Crippen LogP contribution in [0.2, 0.25) is 0 Å². The van der Waals surface area contributed by atoms with Crippen LogP contribution in [0.3, 0.4) is 0 Å². The highest BCUT2D eigenvalue weighted by Gasteiger charge is 2.37. The van der Waals surface area contributed by atoms with Crippen LogP contribution in [0.1, 0.15) is 27.5 Å². The van der Waals surface area contributed by atoms with Crippen molar-refractivity contribution in [1.29, 1.82) is 0 Å². The molecule has 3 N–H and O–H groups in total. The number of aryl methyl sites for hydroxylation is 1. The van der Waals surface area contributed by atoms with Crippen molar-refractivity contribution in [2.75, 3.05) is 25.1 Å². The summed E-state index contributed by atoms with van der Waals surface area (Å²) in [7, 11) is 1.56. The number of benzene rings is 2. The molecule has 2 atom stereocenters. The van der Waals surface area contributed by atoms with E-state index in [1.165, 1.54) is 10.9 Å². The maximum Gasteiger partial charge on any atom is 0.407 e. The van der Waals surface area contributed by atoms with E-state index in [1.807, 2.05) is 36.4 Å². The SMILES string of the molecule is Cn1cc(NC(=O)C2COCC2NC(=O)OCC2c3ccccc3-c3ccccc32)c(C(=O)O)n1. The first-order chi connectivity index (χ1) is 16.9. The molecule has 0 saturated carbocycles. The average molecular weight is 476 g/mol. The number of fused-ring (bicyclic) bond motifs is 3. The molecule has 35 heavy (non-hydrogen) atoms. The van der Waals surface area contributed by atoms with E-state index in [9.17, 15) is 19.5 Å². The highest BCUT2D eigenvalue weighted by atomic mass is 16.5. The minimum absolute atomic E-state index is 0.0768. The number of aromatic carboxylic acids is 1. The number of hydrogen-bond donors (Lipinski definition) is 3. The maximum atomic E-state index is 12.8. The number of nitrogens with zero attached hydrogens (tertiary/aromatic N) is 2. The molecular formula is C25H24N4O6. The van der Waals surface area contributed by atoms with Gasteiger partial charge in [0.1, 0.15) is 6.61 Å². The fraction of sp³-hybridized carbons (Fsp3) is 0.280. The van der Waals surface area contributed by atoms with Crippen molar-refractivity contribution in [1.82, 2.24) is 15.1 Å². The Balaban J connectivity index is 1.22. The molecule has 2 amide bonds. The summed E-state index contributed by atoms with van der Waals surface area (Å²) in [6.07, 6.45) is 0.762. The molecule has 180 valence electrons. The Labute approximate surface area is 200 Å². The normalized spacial score (nSPS) is 18.5. The topological polar surface area (TPSA) is 132 Å². The number of carboxylic acid groups (broad SMARTS) is 1. The van der Waals surface area contributed by atoms with Crippen LogP contribution in [0, 0.1) is 5.92 Å². The third-order valence-corrected chi connectivity index (χ3v) is 6.35. The zero-order valence-electron chi connectivity index (χ0n) is 18.9. The Morgan fingerprint density at radius 2 is 1.74 bits per heavy atom. The Bertz CT molecular complexity index is 1260. The van der Waals surface area contributed by atoms with E-state index >= 15 is 0 Å². The number of anilines is 1. The minimum atomic E-state index is -1.25. The summed E-state index contributed by atoms with van der Waals surface area (Å²) in [6, 6.07) is 15.5. The molecule has 1 saturated heterocycles. The van der Waals surface area contributed by atoms with Crippen LogP contribution in [0.25, 0.3) is 11.1 Å². The van der Waals surface area contributed by atoms with E-state index < -0.39 is 29.9 Å². The van der Waals surface area contributed by atoms with Gasteiger partial charge in [0.25, 0.3) is 0 Å². The summed E-state index contributed by atoms with van der Waals surface area (Å²) >= 11 is 0. The van der Waals surface area contributed by atoms with E-state index in [4.69, 9.17) is 9.47 Å². The first-order valence-corrected chi connectivity index (χ1v) is 11.2. The first-order valence-electron chi connectivity index (χ1n) is 11.2. The van der Waals surface area contributed by atoms with Gasteiger partial charge in [0.2, 0.25) is 5.91 Å². The van der Waals surface area contributed by atoms with E-state index in [0.29, 0.717) is 0 Å². The number of amides is 2. The van der Waals surface area contributed by atoms with Gasteiger partial charge in [-0.2, -0.15) is 5.10 Å². The highest BCUT2D eigenvalue weighted by Crippen LogP contribution is 2.44. The van der Waals surface area contributed by atoms with Gasteiger partial charge >= 0.3 is 12.1 Å². The molecule has 2 heterocycles. The van der Waals surface area contributed by atoms with Gasteiger partial charge in [0.15, 0.2) is 5.69 Å². The molecule has 10 nitrogen and oxygen atoms in total. The molecule has 0 radical (unpaired) electrons. The molecule has 1 aromatic heterocycles. The summed E-state index contributed by atoms with van der Waals surface area (Å²) in [6.45, 7) is 0.381. The van der Waals surface area contributed by atoms with Crippen molar-refractivity contribution >= 4 is 23.7 Å². The van der Waals surface area contributed by atoms with Gasteiger partial charge < -0.3 is 25.2 Å². The molecule has 0 bridgehead atoms. The van der Waals surface area contributed by atoms with Gasteiger partial charge in [-0.1, -0.05) is 48.5 Å². The number of hydrogen-bond acceptors (Lipinski definition) is 6. The Kier molecular flexibility index (Phi) is 5.96. The molecule has 5 rings (SSSR count). The molecule has 1 fully saturated rings. The number of nitrogens with one attached hydrogen (secondary N) is 2. The van der Waals surface area contributed by atoms with Crippen LogP contribution < -0.4 is 10.6 Å². The molecule has 2 unspecified atom stereocenters. The summed E-state index contributed by atoms with van der Waals surface area (Å²) in [5.41, 5.74) is 4.29. The molecule has 10 heteroatoms. The van der Waals surface area contributed by atoms with Gasteiger partial charge in [0.05, 0.1) is 30.9 Å². The fourth-order valence-electron chi connectivity index (χ4n) is 4.71. The Morgan fingerprint density at radius 3 is 2.40 bits per heavy atom. The van der Waals surface area contributed by atoms with Gasteiger partial charge in [-0.15, -0.1) is 0 Å². The van der Waals surface area contributed by atoms with Crippen LogP contribution in [0.4, 0.5) is 10.5 Å². The molecular weight excluding hydrogens is 452 g/mol. The van der Waals surface area contributed by atoms with E-state index in [1.54, 1.807) is 7.05 Å². The van der Waals surface area contributed by atoms with Crippen molar-refractivity contribution < 1.29 is 29.0 Å². The molecule has 1 aliphatic carbocycles. The van der Waals surface area contributed by atoms with E-state index in [2.05, 4.69) is 27.9 Å². The third kappa shape index (κ3) is 4.35. The Hall–Kier alpha value is -4.18. The number of carbonyl (C=O) groups excluding carboxylic acids is 2. The van der Waals surface area contributed by atoms with Crippen LogP contribution in [0.5, 0.6) is 0 Å². The monoisotopic (exact) mass is 476 g/mol. The third-order valence-electron chi connectivity index (χ3n) is 6.35. The van der Waals surface area contributed by atoms with Crippen molar-refractivity contribution in [2.24, 2.45) is 13.0 Å². The van der Waals surface area contributed by atoms with Gasteiger partial charge in [-0.3, -0.25) is 9.48 Å². The van der Waals surface area contributed by atoms with Crippen LogP contribution in [0.15, 0.2) is 54.7 Å². The van der Waals surface area contributed by atoms with Crippen molar-refractivity contribution in [2.45, 2.75) is 12.0 Å². The van der Waals surface area contributed by atoms with Crippen molar-refractivity contribution in [3.63, 3.8) is 0 Å². The molecule has 0 spiro atoms. The summed E-state index contributed by atoms with van der Waals surface area (Å²) in [5, 5.41) is 18.4. The van der Waals surface area contributed by atoms with Crippen molar-refractivity contribution in [3.8, 4) is 11.1 Å². The summed E-state index contributed by atoms with van der Waals surface area (Å²) in [4.78, 5) is 36.8. The molecule has 2 aliphatic rings. The molecule has 2 aromatic carbocycles. The zero-order valence-corrected chi connectivity index (χ0v) is 18.9. The second-order valence-corrected chi connectivity index (χ2v) is 8.58. The smallest absolute Gasteiger partial charge is 0.407 e. The number of carboxylic acids is 1. The van der Waals surface area contributed by atoms with E-state index in [0.717, 1.165) is 22.3 Å². The van der Waals surface area contributed by atoms with Crippen molar-refractivity contribution in [3.05, 3.63) is 71.5 Å². The summed E-state index contributed by atoms with van der Waals surface area (Å²) < 4.78 is 12.3. The number of ether oxygens (including phenoxy) is 2. The number of rotatable bonds is 6. The maximum absolute atomic E-state index is 12.8. The largest absolute Gasteiger partial charge is 0.476 e. The number of aromatic nitrogens is 2. The average Bonchev–Trinajstić information content (AvgIpc) is 3.53. The first kappa shape index (κ1) is 22.6. The quantitative estimate of drug-likeness (QED) is 0.498. The van der Waals surface area contributed by atoms with Crippen LogP contribution in [-0.2, 0) is 21.3 Å². The molecule has 3 aromatic rings. The lowest BCUT2D eigenvalue weighted by Crippen LogP contribution is -2.44. The predicted octanol–water partition coefficient (Wildman–Crippen LogP) is 2.61. The van der Waals surface area contributed by atoms with Gasteiger partial charge in [0, 0.05) is 19.2 Å². The second kappa shape index (κ2) is 9.22. The summed E-state index contributed by atoms with van der Waals surface area (Å²) in [5.74, 6) is -2.51. The lowest BCUT2D eigenvalue weighted by atomic mass is 9.98. The van der Waals surface area contributed by atoms with Crippen LogP contribution >= 0.6 is 0 Å². The second-order valence-electron chi connectivity index (χ2n) is 8.58. The lowest BCUT2D eigenvalue weighted by Gasteiger charge is -2.19.